The molecule has 2 atom stereocenters. The molecule has 84 valence electrons. The number of hydrogen-bond donors (Lipinski definition) is 4. The third-order valence-corrected chi connectivity index (χ3v) is 2.98. The molecule has 0 spiro atoms. The smallest absolute Gasteiger partial charge is 0.328 e. The second-order valence-corrected chi connectivity index (χ2v) is 4.89. The lowest BCUT2D eigenvalue weighted by molar-refractivity contribution is -0.140. The lowest BCUT2D eigenvalue weighted by atomic mass is 10.2. The molecule has 0 amide bonds. The molecule has 0 aromatic rings. The number of carboxylic acid groups (broad SMARTS) is 1. The molecule has 0 unspecified atom stereocenters. The predicted octanol–water partition coefficient (Wildman–Crippen LogP) is -0.520. The van der Waals surface area contributed by atoms with Crippen molar-refractivity contribution < 1.29 is 28.6 Å². The van der Waals surface area contributed by atoms with Crippen LogP contribution in [0.15, 0.2) is 0 Å². The zero-order chi connectivity index (χ0) is 10.5. The SMILES string of the molecule is Cl.N[C@]1(C(=O)O)C[C@@]1(F)CP(=O)(O)O. The Kier molecular flexibility index (Phi) is 3.38. The van der Waals surface area contributed by atoms with E-state index in [1.165, 1.54) is 0 Å². The lowest BCUT2D eigenvalue weighted by Gasteiger charge is -2.11. The van der Waals surface area contributed by atoms with Gasteiger partial charge in [0, 0.05) is 6.42 Å². The molecule has 0 heterocycles. The molecule has 0 aliphatic heterocycles. The van der Waals surface area contributed by atoms with Crippen molar-refractivity contribution in [1.82, 2.24) is 0 Å². The van der Waals surface area contributed by atoms with Crippen LogP contribution in [-0.4, -0.2) is 38.2 Å². The predicted molar refractivity (Wildman–Crippen MR) is 47.2 cm³/mol. The van der Waals surface area contributed by atoms with E-state index in [1.54, 1.807) is 0 Å². The van der Waals surface area contributed by atoms with Crippen LogP contribution in [-0.2, 0) is 9.36 Å². The van der Waals surface area contributed by atoms with Crippen molar-refractivity contribution in [1.29, 1.82) is 0 Å². The standard InChI is InChI=1S/C5H9FNO5P.ClH/c6-4(2-13(10,11)12)1-5(4,7)3(8)9;/h1-2,7H2,(H,8,9)(H2,10,11,12);1H/t4-,5+;/m1./s1. The normalized spacial score (nSPS) is 36.0. The summed E-state index contributed by atoms with van der Waals surface area (Å²) in [6, 6.07) is 0. The Morgan fingerprint density at radius 3 is 2.21 bits per heavy atom. The number of nitrogens with two attached hydrogens (primary N) is 1. The Labute approximate surface area is 84.9 Å². The number of carbonyl (C=O) groups is 1. The summed E-state index contributed by atoms with van der Waals surface area (Å²) in [6.07, 6.45) is -1.69. The highest BCUT2D eigenvalue weighted by Crippen LogP contribution is 2.56. The van der Waals surface area contributed by atoms with Gasteiger partial charge < -0.3 is 20.6 Å². The molecular formula is C5H10ClFNO5P. The summed E-state index contributed by atoms with van der Waals surface area (Å²) in [4.78, 5) is 27.2. The second-order valence-electron chi connectivity index (χ2n) is 3.24. The van der Waals surface area contributed by atoms with Gasteiger partial charge in [0.1, 0.15) is 0 Å². The summed E-state index contributed by atoms with van der Waals surface area (Å²) >= 11 is 0. The first-order valence-electron chi connectivity index (χ1n) is 3.36. The Morgan fingerprint density at radius 2 is 2.00 bits per heavy atom. The monoisotopic (exact) mass is 249 g/mol. The fourth-order valence-electron chi connectivity index (χ4n) is 1.19. The number of carboxylic acids is 1. The second kappa shape index (κ2) is 3.43. The van der Waals surface area contributed by atoms with Crippen LogP contribution in [0.4, 0.5) is 4.39 Å². The fourth-order valence-corrected chi connectivity index (χ4v) is 2.24. The summed E-state index contributed by atoms with van der Waals surface area (Å²) in [7, 11) is -4.56. The summed E-state index contributed by atoms with van der Waals surface area (Å²) in [5.74, 6) is -1.58. The highest BCUT2D eigenvalue weighted by Gasteiger charge is 2.74. The third-order valence-electron chi connectivity index (χ3n) is 2.07. The molecule has 0 bridgehead atoms. The van der Waals surface area contributed by atoms with Gasteiger partial charge in [-0.2, -0.15) is 0 Å². The Hall–Kier alpha value is -0.200. The van der Waals surface area contributed by atoms with Crippen LogP contribution in [0.25, 0.3) is 0 Å². The minimum atomic E-state index is -4.56. The quantitative estimate of drug-likeness (QED) is 0.500. The Bertz CT molecular complexity index is 308. The first kappa shape index (κ1) is 13.8. The van der Waals surface area contributed by atoms with Gasteiger partial charge in [0.2, 0.25) is 0 Å². The average Bonchev–Trinajstić information content (AvgIpc) is 2.30. The molecule has 9 heteroatoms. The van der Waals surface area contributed by atoms with Crippen LogP contribution >= 0.6 is 20.0 Å². The Morgan fingerprint density at radius 1 is 1.57 bits per heavy atom. The van der Waals surface area contributed by atoms with Crippen molar-refractivity contribution in [2.75, 3.05) is 6.16 Å². The van der Waals surface area contributed by atoms with E-state index in [-0.39, 0.29) is 12.4 Å². The number of alkyl halides is 1. The topological polar surface area (TPSA) is 121 Å². The van der Waals surface area contributed by atoms with E-state index < -0.39 is 37.4 Å². The maximum absolute atomic E-state index is 13.3. The molecule has 6 nitrogen and oxygen atoms in total. The molecule has 0 aromatic heterocycles. The van der Waals surface area contributed by atoms with Crippen molar-refractivity contribution >= 4 is 26.0 Å². The van der Waals surface area contributed by atoms with E-state index in [0.29, 0.717) is 0 Å². The molecule has 1 aliphatic rings. The summed E-state index contributed by atoms with van der Waals surface area (Å²) < 4.78 is 23.7. The number of rotatable bonds is 3. The molecule has 1 saturated carbocycles. The number of aliphatic carboxylic acids is 1. The van der Waals surface area contributed by atoms with Gasteiger partial charge in [-0.05, 0) is 0 Å². The maximum atomic E-state index is 13.3. The van der Waals surface area contributed by atoms with Crippen molar-refractivity contribution in [3.05, 3.63) is 0 Å². The molecule has 0 aromatic carbocycles. The van der Waals surface area contributed by atoms with Gasteiger partial charge in [-0.15, -0.1) is 12.4 Å². The van der Waals surface area contributed by atoms with Crippen molar-refractivity contribution in [3.8, 4) is 0 Å². The first-order valence-corrected chi connectivity index (χ1v) is 5.16. The third kappa shape index (κ3) is 2.24. The molecule has 0 radical (unpaired) electrons. The van der Waals surface area contributed by atoms with Crippen LogP contribution in [0.5, 0.6) is 0 Å². The van der Waals surface area contributed by atoms with Crippen LogP contribution in [0.3, 0.4) is 0 Å². The lowest BCUT2D eigenvalue weighted by Crippen LogP contribution is -2.42. The van der Waals surface area contributed by atoms with E-state index in [9.17, 15) is 13.8 Å². The van der Waals surface area contributed by atoms with Gasteiger partial charge >= 0.3 is 13.6 Å². The van der Waals surface area contributed by atoms with E-state index in [0.717, 1.165) is 0 Å². The van der Waals surface area contributed by atoms with E-state index >= 15 is 0 Å². The summed E-state index contributed by atoms with van der Waals surface area (Å²) in [5, 5.41) is 8.43. The van der Waals surface area contributed by atoms with E-state index in [4.69, 9.17) is 20.6 Å². The van der Waals surface area contributed by atoms with Crippen LogP contribution in [0.1, 0.15) is 6.42 Å². The van der Waals surface area contributed by atoms with E-state index in [1.807, 2.05) is 0 Å². The van der Waals surface area contributed by atoms with Crippen LogP contribution < -0.4 is 5.73 Å². The van der Waals surface area contributed by atoms with Crippen molar-refractivity contribution in [2.45, 2.75) is 17.6 Å². The highest BCUT2D eigenvalue weighted by molar-refractivity contribution is 7.51. The molecule has 5 N–H and O–H groups in total. The summed E-state index contributed by atoms with van der Waals surface area (Å²) in [6.45, 7) is 0. The van der Waals surface area contributed by atoms with Crippen LogP contribution in [0.2, 0.25) is 0 Å². The molecule has 14 heavy (non-hydrogen) atoms. The highest BCUT2D eigenvalue weighted by atomic mass is 35.5. The molecule has 1 rings (SSSR count). The van der Waals surface area contributed by atoms with Crippen molar-refractivity contribution in [2.24, 2.45) is 5.73 Å². The minimum absolute atomic E-state index is 0. The Balaban J connectivity index is 0.00000169. The molecule has 1 fully saturated rings. The first-order chi connectivity index (χ1) is 5.61. The number of hydrogen-bond acceptors (Lipinski definition) is 3. The molecule has 1 aliphatic carbocycles. The van der Waals surface area contributed by atoms with Crippen LogP contribution in [0, 0.1) is 0 Å². The van der Waals surface area contributed by atoms with Gasteiger partial charge in [0.25, 0.3) is 0 Å². The maximum Gasteiger partial charge on any atom is 0.328 e. The zero-order valence-corrected chi connectivity index (χ0v) is 8.59. The van der Waals surface area contributed by atoms with Gasteiger partial charge in [-0.25, -0.2) is 4.39 Å². The fraction of sp³-hybridized carbons (Fsp3) is 0.800. The van der Waals surface area contributed by atoms with Gasteiger partial charge in [0.15, 0.2) is 11.2 Å². The zero-order valence-electron chi connectivity index (χ0n) is 6.88. The van der Waals surface area contributed by atoms with Gasteiger partial charge in [-0.3, -0.25) is 9.36 Å². The summed E-state index contributed by atoms with van der Waals surface area (Å²) in [5.41, 5.74) is 0.452. The van der Waals surface area contributed by atoms with Crippen molar-refractivity contribution in [3.63, 3.8) is 0 Å². The molecular weight excluding hydrogens is 239 g/mol. The van der Waals surface area contributed by atoms with Gasteiger partial charge in [-0.1, -0.05) is 0 Å². The minimum Gasteiger partial charge on any atom is -0.480 e. The van der Waals surface area contributed by atoms with Gasteiger partial charge in [0.05, 0.1) is 6.16 Å². The van der Waals surface area contributed by atoms with E-state index in [2.05, 4.69) is 0 Å². The number of halogens is 2. The molecule has 0 saturated heterocycles. The largest absolute Gasteiger partial charge is 0.480 e. The average molecular weight is 250 g/mol.